The van der Waals surface area contributed by atoms with Crippen molar-refractivity contribution < 1.29 is 17.9 Å². The van der Waals surface area contributed by atoms with E-state index in [0.29, 0.717) is 11.3 Å². The quantitative estimate of drug-likeness (QED) is 0.795. The third kappa shape index (κ3) is 3.12. The van der Waals surface area contributed by atoms with Crippen LogP contribution in [0.1, 0.15) is 17.3 Å². The van der Waals surface area contributed by atoms with Crippen molar-refractivity contribution in [2.45, 2.75) is 11.8 Å². The number of hydrogen-bond acceptors (Lipinski definition) is 4. The molecule has 0 aliphatic carbocycles. The molecule has 2 aromatic carbocycles. The summed E-state index contributed by atoms with van der Waals surface area (Å²) in [7, 11) is -2.39. The molecule has 0 N–H and O–H groups in total. The van der Waals surface area contributed by atoms with Gasteiger partial charge in [-0.2, -0.15) is 0 Å². The number of esters is 1. The molecule has 0 unspecified atom stereocenters. The fourth-order valence-electron chi connectivity index (χ4n) is 2.12. The molecule has 2 rings (SSSR count). The van der Waals surface area contributed by atoms with Gasteiger partial charge in [0.25, 0.3) is 10.0 Å². The minimum Gasteiger partial charge on any atom is -0.465 e. The van der Waals surface area contributed by atoms with Crippen molar-refractivity contribution in [1.82, 2.24) is 0 Å². The Kier molecular flexibility index (Phi) is 4.82. The third-order valence-electron chi connectivity index (χ3n) is 3.17. The van der Waals surface area contributed by atoms with Gasteiger partial charge in [0.1, 0.15) is 0 Å². The highest BCUT2D eigenvalue weighted by atomic mass is 32.2. The van der Waals surface area contributed by atoms with Crippen LogP contribution in [0, 0.1) is 0 Å². The van der Waals surface area contributed by atoms with Gasteiger partial charge in [-0.05, 0) is 37.3 Å². The van der Waals surface area contributed by atoms with Crippen molar-refractivity contribution in [2.75, 3.05) is 18.0 Å². The van der Waals surface area contributed by atoms with Crippen molar-refractivity contribution in [2.24, 2.45) is 0 Å². The molecule has 116 valence electrons. The van der Waals surface area contributed by atoms with Crippen molar-refractivity contribution in [3.05, 3.63) is 60.2 Å². The molecule has 0 radical (unpaired) electrons. The molecule has 0 saturated carbocycles. The van der Waals surface area contributed by atoms with E-state index >= 15 is 0 Å². The van der Waals surface area contributed by atoms with Crippen LogP contribution in [-0.4, -0.2) is 28.0 Å². The molecule has 0 fully saturated rings. The van der Waals surface area contributed by atoms with Crippen LogP contribution in [0.3, 0.4) is 0 Å². The second kappa shape index (κ2) is 6.62. The lowest BCUT2D eigenvalue weighted by Crippen LogP contribution is -2.30. The largest absolute Gasteiger partial charge is 0.465 e. The second-order valence-corrected chi connectivity index (χ2v) is 6.39. The van der Waals surface area contributed by atoms with E-state index in [1.807, 2.05) is 0 Å². The number of carbonyl (C=O) groups excluding carboxylic acids is 1. The molecule has 2 aromatic rings. The minimum atomic E-state index is -3.67. The number of ether oxygens (including phenoxy) is 1. The molecular formula is C16H17NO4S. The zero-order valence-corrected chi connectivity index (χ0v) is 13.2. The number of hydrogen-bond donors (Lipinski definition) is 0. The molecule has 0 spiro atoms. The highest BCUT2D eigenvalue weighted by Gasteiger charge is 2.23. The Morgan fingerprint density at radius 3 is 2.36 bits per heavy atom. The smallest absolute Gasteiger partial charge is 0.337 e. The topological polar surface area (TPSA) is 63.7 Å². The van der Waals surface area contributed by atoms with Crippen LogP contribution in [0.4, 0.5) is 5.69 Å². The molecule has 0 saturated heterocycles. The maximum atomic E-state index is 12.7. The summed E-state index contributed by atoms with van der Waals surface area (Å²) in [5, 5.41) is 0. The monoisotopic (exact) mass is 319 g/mol. The molecule has 0 aromatic heterocycles. The standard InChI is InChI=1S/C16H17NO4S/c1-3-17(22(19,20)15-10-5-4-6-11-15)14-9-7-8-13(12-14)16(18)21-2/h4-12H,3H2,1-2H3. The average molecular weight is 319 g/mol. The Hall–Kier alpha value is -2.34. The summed E-state index contributed by atoms with van der Waals surface area (Å²) in [6.45, 7) is 1.99. The molecule has 0 aliphatic rings. The zero-order chi connectivity index (χ0) is 16.2. The lowest BCUT2D eigenvalue weighted by atomic mass is 10.2. The van der Waals surface area contributed by atoms with Gasteiger partial charge in [0.05, 0.1) is 23.3 Å². The van der Waals surface area contributed by atoms with Gasteiger partial charge in [0, 0.05) is 6.54 Å². The zero-order valence-electron chi connectivity index (χ0n) is 12.4. The van der Waals surface area contributed by atoms with Crippen LogP contribution in [0.25, 0.3) is 0 Å². The Morgan fingerprint density at radius 2 is 1.77 bits per heavy atom. The Morgan fingerprint density at radius 1 is 1.09 bits per heavy atom. The van der Waals surface area contributed by atoms with E-state index in [4.69, 9.17) is 0 Å². The minimum absolute atomic E-state index is 0.209. The molecule has 0 amide bonds. The van der Waals surface area contributed by atoms with Gasteiger partial charge in [-0.1, -0.05) is 24.3 Å². The van der Waals surface area contributed by atoms with E-state index in [9.17, 15) is 13.2 Å². The Labute approximate surface area is 130 Å². The number of nitrogens with zero attached hydrogens (tertiary/aromatic N) is 1. The number of carbonyl (C=O) groups is 1. The molecular weight excluding hydrogens is 302 g/mol. The van der Waals surface area contributed by atoms with E-state index in [-0.39, 0.29) is 11.4 Å². The van der Waals surface area contributed by atoms with E-state index in [2.05, 4.69) is 4.74 Å². The maximum Gasteiger partial charge on any atom is 0.337 e. The summed E-state index contributed by atoms with van der Waals surface area (Å²) in [5.74, 6) is -0.505. The van der Waals surface area contributed by atoms with Crippen LogP contribution in [-0.2, 0) is 14.8 Å². The highest BCUT2D eigenvalue weighted by Crippen LogP contribution is 2.24. The number of anilines is 1. The number of benzene rings is 2. The van der Waals surface area contributed by atoms with Crippen molar-refractivity contribution in [3.63, 3.8) is 0 Å². The highest BCUT2D eigenvalue weighted by molar-refractivity contribution is 7.92. The second-order valence-electron chi connectivity index (χ2n) is 4.52. The summed E-state index contributed by atoms with van der Waals surface area (Å²) < 4.78 is 31.4. The molecule has 0 aliphatic heterocycles. The van der Waals surface area contributed by atoms with Gasteiger partial charge in [0.15, 0.2) is 0 Å². The van der Waals surface area contributed by atoms with Gasteiger partial charge < -0.3 is 4.74 Å². The lowest BCUT2D eigenvalue weighted by Gasteiger charge is -2.23. The van der Waals surface area contributed by atoms with E-state index < -0.39 is 16.0 Å². The Balaban J connectivity index is 2.47. The summed E-state index contributed by atoms with van der Waals surface area (Å²) >= 11 is 0. The van der Waals surface area contributed by atoms with Gasteiger partial charge in [-0.15, -0.1) is 0 Å². The van der Waals surface area contributed by atoms with E-state index in [1.54, 1.807) is 55.5 Å². The van der Waals surface area contributed by atoms with Gasteiger partial charge in [0.2, 0.25) is 0 Å². The number of sulfonamides is 1. The molecule has 0 bridgehead atoms. The van der Waals surface area contributed by atoms with Gasteiger partial charge in [-0.3, -0.25) is 4.31 Å². The summed E-state index contributed by atoms with van der Waals surface area (Å²) in [6, 6.07) is 14.6. The van der Waals surface area contributed by atoms with E-state index in [1.165, 1.54) is 17.5 Å². The third-order valence-corrected chi connectivity index (χ3v) is 5.09. The first-order chi connectivity index (χ1) is 10.5. The van der Waals surface area contributed by atoms with Crippen LogP contribution in [0.5, 0.6) is 0 Å². The maximum absolute atomic E-state index is 12.7. The molecule has 0 heterocycles. The summed E-state index contributed by atoms with van der Waals surface area (Å²) in [4.78, 5) is 11.8. The predicted molar refractivity (Wildman–Crippen MR) is 84.4 cm³/mol. The average Bonchev–Trinajstić information content (AvgIpc) is 2.55. The summed E-state index contributed by atoms with van der Waals surface area (Å²) in [6.07, 6.45) is 0. The van der Waals surface area contributed by atoms with Crippen LogP contribution in [0.2, 0.25) is 0 Å². The van der Waals surface area contributed by atoms with E-state index in [0.717, 1.165) is 0 Å². The molecule has 0 atom stereocenters. The van der Waals surface area contributed by atoms with Crippen LogP contribution >= 0.6 is 0 Å². The van der Waals surface area contributed by atoms with Crippen molar-refractivity contribution in [3.8, 4) is 0 Å². The number of methoxy groups -OCH3 is 1. The van der Waals surface area contributed by atoms with Crippen molar-refractivity contribution in [1.29, 1.82) is 0 Å². The molecule has 6 heteroatoms. The Bertz CT molecular complexity index is 757. The first-order valence-corrected chi connectivity index (χ1v) is 8.21. The van der Waals surface area contributed by atoms with Gasteiger partial charge in [-0.25, -0.2) is 13.2 Å². The lowest BCUT2D eigenvalue weighted by molar-refractivity contribution is 0.0600. The SMILES string of the molecule is CCN(c1cccc(C(=O)OC)c1)S(=O)(=O)c1ccccc1. The molecule has 5 nitrogen and oxygen atoms in total. The first kappa shape index (κ1) is 16.0. The fraction of sp³-hybridized carbons (Fsp3) is 0.188. The summed E-state index contributed by atoms with van der Waals surface area (Å²) in [5.41, 5.74) is 0.732. The fourth-order valence-corrected chi connectivity index (χ4v) is 3.60. The van der Waals surface area contributed by atoms with Crippen molar-refractivity contribution >= 4 is 21.7 Å². The molecule has 22 heavy (non-hydrogen) atoms. The van der Waals surface area contributed by atoms with Gasteiger partial charge >= 0.3 is 5.97 Å². The number of rotatable bonds is 5. The predicted octanol–water partition coefficient (Wildman–Crippen LogP) is 2.69. The first-order valence-electron chi connectivity index (χ1n) is 6.77. The van der Waals surface area contributed by atoms with Crippen LogP contribution in [0.15, 0.2) is 59.5 Å². The van der Waals surface area contributed by atoms with Crippen LogP contribution < -0.4 is 4.31 Å². The normalized spacial score (nSPS) is 11.0.